The van der Waals surface area contributed by atoms with E-state index < -0.39 is 0 Å². The number of methoxy groups -OCH3 is 1. The van der Waals surface area contributed by atoms with Crippen LogP contribution in [0.5, 0.6) is 5.75 Å². The van der Waals surface area contributed by atoms with Gasteiger partial charge in [-0.2, -0.15) is 0 Å². The monoisotopic (exact) mass is 294 g/mol. The maximum absolute atomic E-state index is 12.4. The van der Waals surface area contributed by atoms with Crippen molar-refractivity contribution in [3.8, 4) is 5.75 Å². The van der Waals surface area contributed by atoms with Gasteiger partial charge in [-0.1, -0.05) is 11.6 Å². The Morgan fingerprint density at radius 3 is 2.75 bits per heavy atom. The Kier molecular flexibility index (Phi) is 3.61. The molecule has 20 heavy (non-hydrogen) atoms. The summed E-state index contributed by atoms with van der Waals surface area (Å²) in [6.45, 7) is 0. The van der Waals surface area contributed by atoms with Gasteiger partial charge < -0.3 is 15.8 Å². The number of hydrogen-bond acceptors (Lipinski definition) is 3. The molecule has 4 nitrogen and oxygen atoms in total. The molecule has 1 aromatic carbocycles. The minimum Gasteiger partial charge on any atom is -0.495 e. The highest BCUT2D eigenvalue weighted by atomic mass is 35.5. The molecule has 2 aliphatic rings. The summed E-state index contributed by atoms with van der Waals surface area (Å²) in [5.74, 6) is 1.53. The van der Waals surface area contributed by atoms with Gasteiger partial charge in [-0.25, -0.2) is 0 Å². The number of nitrogens with one attached hydrogen (secondary N) is 1. The number of carbonyl (C=O) groups is 1. The van der Waals surface area contributed by atoms with Gasteiger partial charge in [0.05, 0.1) is 18.1 Å². The van der Waals surface area contributed by atoms with Gasteiger partial charge in [0.15, 0.2) is 0 Å². The van der Waals surface area contributed by atoms with Crippen molar-refractivity contribution in [2.45, 2.75) is 25.3 Å². The van der Waals surface area contributed by atoms with E-state index in [4.69, 9.17) is 22.1 Å². The predicted octanol–water partition coefficient (Wildman–Crippen LogP) is 2.66. The largest absolute Gasteiger partial charge is 0.495 e. The number of nitrogens with two attached hydrogens (primary N) is 1. The number of hydrogen-bond donors (Lipinski definition) is 2. The first-order chi connectivity index (χ1) is 9.60. The molecule has 1 amide bonds. The van der Waals surface area contributed by atoms with Crippen LogP contribution in [0.25, 0.3) is 0 Å². The molecule has 0 spiro atoms. The molecule has 2 bridgehead atoms. The second kappa shape index (κ2) is 5.26. The van der Waals surface area contributed by atoms with Crippen molar-refractivity contribution in [1.82, 2.24) is 0 Å². The summed E-state index contributed by atoms with van der Waals surface area (Å²) >= 11 is 6.06. The number of halogens is 1. The lowest BCUT2D eigenvalue weighted by molar-refractivity contribution is -0.121. The zero-order valence-electron chi connectivity index (χ0n) is 11.4. The van der Waals surface area contributed by atoms with Crippen molar-refractivity contribution in [1.29, 1.82) is 0 Å². The van der Waals surface area contributed by atoms with Gasteiger partial charge in [0.2, 0.25) is 5.91 Å². The van der Waals surface area contributed by atoms with Crippen LogP contribution in [-0.2, 0) is 4.79 Å². The third-order valence-electron chi connectivity index (χ3n) is 4.70. The molecular formula is C15H19ClN2O2. The first-order valence-corrected chi connectivity index (χ1v) is 7.38. The van der Waals surface area contributed by atoms with Crippen LogP contribution >= 0.6 is 11.6 Å². The number of fused-ring (bicyclic) bond motifs is 2. The van der Waals surface area contributed by atoms with E-state index in [0.717, 1.165) is 12.8 Å². The van der Waals surface area contributed by atoms with E-state index in [1.165, 1.54) is 6.42 Å². The Bertz CT molecular complexity index is 533. The van der Waals surface area contributed by atoms with Crippen LogP contribution in [-0.4, -0.2) is 19.1 Å². The molecule has 5 heteroatoms. The van der Waals surface area contributed by atoms with E-state index >= 15 is 0 Å². The number of benzene rings is 1. The second-order valence-corrected chi connectivity index (χ2v) is 6.18. The van der Waals surface area contributed by atoms with Crippen LogP contribution in [0, 0.1) is 17.8 Å². The maximum atomic E-state index is 12.4. The highest BCUT2D eigenvalue weighted by molar-refractivity contribution is 6.32. The summed E-state index contributed by atoms with van der Waals surface area (Å²) in [5.41, 5.74) is 6.88. The molecule has 0 aromatic heterocycles. The summed E-state index contributed by atoms with van der Waals surface area (Å²) in [6, 6.07) is 5.25. The predicted molar refractivity (Wildman–Crippen MR) is 78.9 cm³/mol. The zero-order chi connectivity index (χ0) is 14.3. The van der Waals surface area contributed by atoms with Crippen LogP contribution in [0.4, 0.5) is 5.69 Å². The fraction of sp³-hybridized carbons (Fsp3) is 0.533. The van der Waals surface area contributed by atoms with E-state index in [0.29, 0.717) is 28.3 Å². The summed E-state index contributed by atoms with van der Waals surface area (Å²) in [6.07, 6.45) is 3.40. The van der Waals surface area contributed by atoms with Gasteiger partial charge in [-0.3, -0.25) is 4.79 Å². The maximum Gasteiger partial charge on any atom is 0.229 e. The number of anilines is 1. The van der Waals surface area contributed by atoms with Crippen molar-refractivity contribution < 1.29 is 9.53 Å². The Labute approximate surface area is 123 Å². The molecule has 0 heterocycles. The first-order valence-electron chi connectivity index (χ1n) is 7.00. The molecule has 2 fully saturated rings. The van der Waals surface area contributed by atoms with Crippen molar-refractivity contribution >= 4 is 23.2 Å². The molecule has 3 N–H and O–H groups in total. The molecule has 108 valence electrons. The lowest BCUT2D eigenvalue weighted by Gasteiger charge is -2.27. The first kappa shape index (κ1) is 13.7. The molecular weight excluding hydrogens is 276 g/mol. The molecule has 4 unspecified atom stereocenters. The van der Waals surface area contributed by atoms with Crippen LogP contribution < -0.4 is 15.8 Å². The van der Waals surface area contributed by atoms with Crippen LogP contribution in [0.1, 0.15) is 19.3 Å². The van der Waals surface area contributed by atoms with Gasteiger partial charge >= 0.3 is 0 Å². The SMILES string of the molecule is COc1ccc(NC(=O)C2C3CCC(C3)C2N)cc1Cl. The summed E-state index contributed by atoms with van der Waals surface area (Å²) < 4.78 is 5.10. The topological polar surface area (TPSA) is 64.3 Å². The summed E-state index contributed by atoms with van der Waals surface area (Å²) in [4.78, 5) is 12.4. The molecule has 0 aliphatic heterocycles. The molecule has 0 saturated heterocycles. The molecule has 2 aliphatic carbocycles. The summed E-state index contributed by atoms with van der Waals surface area (Å²) in [7, 11) is 1.56. The number of rotatable bonds is 3. The van der Waals surface area contributed by atoms with Gasteiger partial charge in [-0.05, 0) is 49.3 Å². The fourth-order valence-corrected chi connectivity index (χ4v) is 3.95. The van der Waals surface area contributed by atoms with Gasteiger partial charge in [0.1, 0.15) is 5.75 Å². The lowest BCUT2D eigenvalue weighted by Crippen LogP contribution is -2.42. The molecule has 4 atom stereocenters. The third-order valence-corrected chi connectivity index (χ3v) is 5.00. The minimum absolute atomic E-state index is 0.00229. The third kappa shape index (κ3) is 2.27. The smallest absolute Gasteiger partial charge is 0.229 e. The average Bonchev–Trinajstić information content (AvgIpc) is 2.99. The van der Waals surface area contributed by atoms with Crippen LogP contribution in [0.2, 0.25) is 5.02 Å². The summed E-state index contributed by atoms with van der Waals surface area (Å²) in [5, 5.41) is 3.42. The highest BCUT2D eigenvalue weighted by Crippen LogP contribution is 2.48. The molecule has 3 rings (SSSR count). The minimum atomic E-state index is -0.0605. The van der Waals surface area contributed by atoms with E-state index in [-0.39, 0.29) is 17.9 Å². The van der Waals surface area contributed by atoms with Crippen molar-refractivity contribution in [3.05, 3.63) is 23.2 Å². The Balaban J connectivity index is 1.72. The van der Waals surface area contributed by atoms with Crippen molar-refractivity contribution in [2.75, 3.05) is 12.4 Å². The Morgan fingerprint density at radius 2 is 2.15 bits per heavy atom. The fourth-order valence-electron chi connectivity index (χ4n) is 3.69. The van der Waals surface area contributed by atoms with Gasteiger partial charge in [0, 0.05) is 11.7 Å². The van der Waals surface area contributed by atoms with E-state index in [9.17, 15) is 4.79 Å². The van der Waals surface area contributed by atoms with Crippen LogP contribution in [0.15, 0.2) is 18.2 Å². The standard InChI is InChI=1S/C15H19ClN2O2/c1-20-12-5-4-10(7-11(12)16)18-15(19)13-8-2-3-9(6-8)14(13)17/h4-5,7-9,13-14H,2-3,6,17H2,1H3,(H,18,19). The quantitative estimate of drug-likeness (QED) is 0.901. The Hall–Kier alpha value is -1.26. The average molecular weight is 295 g/mol. The number of amides is 1. The zero-order valence-corrected chi connectivity index (χ0v) is 12.2. The molecule has 2 saturated carbocycles. The van der Waals surface area contributed by atoms with E-state index in [2.05, 4.69) is 5.32 Å². The van der Waals surface area contributed by atoms with Gasteiger partial charge in [-0.15, -0.1) is 0 Å². The highest BCUT2D eigenvalue weighted by Gasteiger charge is 2.49. The van der Waals surface area contributed by atoms with Crippen molar-refractivity contribution in [3.63, 3.8) is 0 Å². The van der Waals surface area contributed by atoms with E-state index in [1.807, 2.05) is 0 Å². The van der Waals surface area contributed by atoms with Crippen molar-refractivity contribution in [2.24, 2.45) is 23.5 Å². The van der Waals surface area contributed by atoms with Gasteiger partial charge in [0.25, 0.3) is 0 Å². The normalized spacial score (nSPS) is 31.4. The Morgan fingerprint density at radius 1 is 1.40 bits per heavy atom. The lowest BCUT2D eigenvalue weighted by atomic mass is 9.84. The van der Waals surface area contributed by atoms with E-state index in [1.54, 1.807) is 25.3 Å². The van der Waals surface area contributed by atoms with Crippen LogP contribution in [0.3, 0.4) is 0 Å². The molecule has 0 radical (unpaired) electrons. The molecule has 1 aromatic rings. The number of carbonyl (C=O) groups excluding carboxylic acids is 1. The second-order valence-electron chi connectivity index (χ2n) is 5.77. The number of ether oxygens (including phenoxy) is 1.